The molecule has 7 nitrogen and oxygen atoms in total. The van der Waals surface area contributed by atoms with Crippen molar-refractivity contribution in [2.24, 2.45) is 0 Å². The van der Waals surface area contributed by atoms with Gasteiger partial charge in [0.15, 0.2) is 0 Å². The van der Waals surface area contributed by atoms with Crippen molar-refractivity contribution in [1.82, 2.24) is 9.88 Å². The van der Waals surface area contributed by atoms with Gasteiger partial charge < -0.3 is 19.5 Å². The SMILES string of the molecule is CC(C)(C)OC(=O)N1CCC[C@@H](Oc2ccnc3cc(C(=O)O)c(F)cc23)C1. The fourth-order valence-corrected chi connectivity index (χ4v) is 3.11. The van der Waals surface area contributed by atoms with Gasteiger partial charge >= 0.3 is 12.1 Å². The van der Waals surface area contributed by atoms with Gasteiger partial charge in [0.1, 0.15) is 23.3 Å². The zero-order valence-electron chi connectivity index (χ0n) is 16.1. The highest BCUT2D eigenvalue weighted by atomic mass is 19.1. The van der Waals surface area contributed by atoms with E-state index in [1.54, 1.807) is 11.0 Å². The molecule has 1 amide bonds. The maximum absolute atomic E-state index is 14.1. The summed E-state index contributed by atoms with van der Waals surface area (Å²) in [5.74, 6) is -1.80. The number of hydrogen-bond acceptors (Lipinski definition) is 5. The number of benzene rings is 1. The lowest BCUT2D eigenvalue weighted by Crippen LogP contribution is -2.46. The van der Waals surface area contributed by atoms with Crippen LogP contribution in [0.4, 0.5) is 9.18 Å². The molecule has 0 spiro atoms. The van der Waals surface area contributed by atoms with Gasteiger partial charge in [0, 0.05) is 18.1 Å². The van der Waals surface area contributed by atoms with Crippen molar-refractivity contribution >= 4 is 23.0 Å². The Kier molecular flexibility index (Phi) is 5.40. The van der Waals surface area contributed by atoms with E-state index in [4.69, 9.17) is 14.6 Å². The molecule has 1 atom stereocenters. The average Bonchev–Trinajstić information content (AvgIpc) is 2.60. The number of halogens is 1. The van der Waals surface area contributed by atoms with Crippen molar-refractivity contribution in [3.8, 4) is 5.75 Å². The van der Waals surface area contributed by atoms with E-state index in [0.717, 1.165) is 18.9 Å². The summed E-state index contributed by atoms with van der Waals surface area (Å²) >= 11 is 0. The van der Waals surface area contributed by atoms with E-state index >= 15 is 0 Å². The first-order chi connectivity index (χ1) is 13.1. The number of piperidine rings is 1. The molecule has 1 aromatic heterocycles. The molecule has 1 saturated heterocycles. The monoisotopic (exact) mass is 390 g/mol. The first-order valence-electron chi connectivity index (χ1n) is 9.10. The fraction of sp³-hybridized carbons (Fsp3) is 0.450. The number of likely N-dealkylation sites (tertiary alicyclic amines) is 1. The van der Waals surface area contributed by atoms with Gasteiger partial charge in [0.25, 0.3) is 0 Å². The van der Waals surface area contributed by atoms with Gasteiger partial charge in [-0.2, -0.15) is 0 Å². The van der Waals surface area contributed by atoms with Crippen LogP contribution in [0.5, 0.6) is 5.75 Å². The molecular weight excluding hydrogens is 367 g/mol. The molecule has 0 saturated carbocycles. The number of hydrogen-bond donors (Lipinski definition) is 1. The molecule has 0 radical (unpaired) electrons. The average molecular weight is 390 g/mol. The molecule has 8 heteroatoms. The maximum atomic E-state index is 14.1. The van der Waals surface area contributed by atoms with Crippen LogP contribution >= 0.6 is 0 Å². The number of aromatic carboxylic acids is 1. The second kappa shape index (κ2) is 7.61. The van der Waals surface area contributed by atoms with Crippen LogP contribution in [-0.4, -0.2) is 51.8 Å². The molecular formula is C20H23FN2O5. The van der Waals surface area contributed by atoms with Crippen molar-refractivity contribution in [1.29, 1.82) is 0 Å². The second-order valence-electron chi connectivity index (χ2n) is 7.77. The summed E-state index contributed by atoms with van der Waals surface area (Å²) in [6, 6.07) is 3.91. The van der Waals surface area contributed by atoms with Crippen LogP contribution in [0.2, 0.25) is 0 Å². The summed E-state index contributed by atoms with van der Waals surface area (Å²) in [7, 11) is 0. The lowest BCUT2D eigenvalue weighted by atomic mass is 10.1. The zero-order chi connectivity index (χ0) is 20.5. The topological polar surface area (TPSA) is 89.0 Å². The Morgan fingerprint density at radius 2 is 2.07 bits per heavy atom. The van der Waals surface area contributed by atoms with Gasteiger partial charge in [-0.3, -0.25) is 4.98 Å². The van der Waals surface area contributed by atoms with Crippen molar-refractivity contribution in [2.45, 2.75) is 45.3 Å². The van der Waals surface area contributed by atoms with Gasteiger partial charge in [-0.1, -0.05) is 0 Å². The van der Waals surface area contributed by atoms with Gasteiger partial charge in [-0.05, 0) is 51.8 Å². The third-order valence-corrected chi connectivity index (χ3v) is 4.34. The Labute approximate surface area is 162 Å². The number of ether oxygens (including phenoxy) is 2. The van der Waals surface area contributed by atoms with E-state index in [0.29, 0.717) is 29.7 Å². The third-order valence-electron chi connectivity index (χ3n) is 4.34. The predicted octanol–water partition coefficient (Wildman–Crippen LogP) is 3.85. The number of fused-ring (bicyclic) bond motifs is 1. The molecule has 2 aromatic rings. The number of aromatic nitrogens is 1. The van der Waals surface area contributed by atoms with E-state index < -0.39 is 29.0 Å². The number of carboxylic acid groups (broad SMARTS) is 1. The zero-order valence-corrected chi connectivity index (χ0v) is 16.1. The van der Waals surface area contributed by atoms with Crippen molar-refractivity contribution in [2.75, 3.05) is 13.1 Å². The number of carbonyl (C=O) groups is 2. The normalized spacial score (nSPS) is 17.4. The number of nitrogens with zero attached hydrogens (tertiary/aromatic N) is 2. The molecule has 3 rings (SSSR count). The largest absolute Gasteiger partial charge is 0.488 e. The molecule has 0 aliphatic carbocycles. The van der Waals surface area contributed by atoms with Gasteiger partial charge in [0.2, 0.25) is 0 Å². The molecule has 2 heterocycles. The first kappa shape index (κ1) is 19.9. The maximum Gasteiger partial charge on any atom is 0.410 e. The van der Waals surface area contributed by atoms with Crippen LogP contribution in [0.25, 0.3) is 10.9 Å². The van der Waals surface area contributed by atoms with E-state index in [1.165, 1.54) is 12.3 Å². The molecule has 1 aliphatic rings. The van der Waals surface area contributed by atoms with Gasteiger partial charge in [-0.15, -0.1) is 0 Å². The number of amides is 1. The van der Waals surface area contributed by atoms with E-state index in [-0.39, 0.29) is 6.10 Å². The molecule has 1 aliphatic heterocycles. The number of carboxylic acids is 1. The highest BCUT2D eigenvalue weighted by molar-refractivity contribution is 5.95. The van der Waals surface area contributed by atoms with E-state index in [9.17, 15) is 14.0 Å². The summed E-state index contributed by atoms with van der Waals surface area (Å²) in [4.78, 5) is 29.1. The minimum atomic E-state index is -1.35. The number of rotatable bonds is 3. The molecule has 1 N–H and O–H groups in total. The highest BCUT2D eigenvalue weighted by Gasteiger charge is 2.29. The quantitative estimate of drug-likeness (QED) is 0.856. The Hall–Kier alpha value is -2.90. The molecule has 1 aromatic carbocycles. The van der Waals surface area contributed by atoms with Crippen molar-refractivity contribution < 1.29 is 28.6 Å². The van der Waals surface area contributed by atoms with Gasteiger partial charge in [0.05, 0.1) is 17.6 Å². The standard InChI is InChI=1S/C20H23FN2O5/c1-20(2,3)28-19(26)23-8-4-5-12(11-23)27-17-6-7-22-16-10-13(18(24)25)15(21)9-14(16)17/h6-7,9-10,12H,4-5,8,11H2,1-3H3,(H,24,25)/t12-/m1/s1. The lowest BCUT2D eigenvalue weighted by molar-refractivity contribution is 0.00792. The number of carbonyl (C=O) groups excluding carboxylic acids is 1. The Morgan fingerprint density at radius 3 is 2.75 bits per heavy atom. The first-order valence-corrected chi connectivity index (χ1v) is 9.10. The summed E-state index contributed by atoms with van der Waals surface area (Å²) in [6.45, 7) is 6.38. The summed E-state index contributed by atoms with van der Waals surface area (Å²) < 4.78 is 25.6. The molecule has 0 bridgehead atoms. The fourth-order valence-electron chi connectivity index (χ4n) is 3.11. The molecule has 0 unspecified atom stereocenters. The summed E-state index contributed by atoms with van der Waals surface area (Å²) in [6.07, 6.45) is 2.30. The Morgan fingerprint density at radius 1 is 1.32 bits per heavy atom. The van der Waals surface area contributed by atoms with E-state index in [1.807, 2.05) is 20.8 Å². The van der Waals surface area contributed by atoms with Crippen LogP contribution in [0.15, 0.2) is 24.4 Å². The minimum Gasteiger partial charge on any atom is -0.488 e. The van der Waals surface area contributed by atoms with Crippen molar-refractivity contribution in [3.63, 3.8) is 0 Å². The number of pyridine rings is 1. The van der Waals surface area contributed by atoms with Crippen LogP contribution < -0.4 is 4.74 Å². The molecule has 1 fully saturated rings. The van der Waals surface area contributed by atoms with Crippen LogP contribution in [0.3, 0.4) is 0 Å². The third kappa shape index (κ3) is 4.49. The van der Waals surface area contributed by atoms with Crippen LogP contribution in [0.1, 0.15) is 44.0 Å². The Bertz CT molecular complexity index is 909. The molecule has 150 valence electrons. The van der Waals surface area contributed by atoms with E-state index in [2.05, 4.69) is 4.98 Å². The van der Waals surface area contributed by atoms with Crippen LogP contribution in [0, 0.1) is 5.82 Å². The van der Waals surface area contributed by atoms with Crippen molar-refractivity contribution in [3.05, 3.63) is 35.8 Å². The smallest absolute Gasteiger partial charge is 0.410 e. The Balaban J connectivity index is 1.79. The summed E-state index contributed by atoms with van der Waals surface area (Å²) in [5.41, 5.74) is -0.687. The predicted molar refractivity (Wildman–Crippen MR) is 100 cm³/mol. The minimum absolute atomic E-state index is 0.283. The van der Waals surface area contributed by atoms with Gasteiger partial charge in [-0.25, -0.2) is 14.0 Å². The highest BCUT2D eigenvalue weighted by Crippen LogP contribution is 2.29. The lowest BCUT2D eigenvalue weighted by Gasteiger charge is -2.34. The second-order valence-corrected chi connectivity index (χ2v) is 7.77. The molecule has 28 heavy (non-hydrogen) atoms. The summed E-state index contributed by atoms with van der Waals surface area (Å²) in [5, 5.41) is 9.46. The van der Waals surface area contributed by atoms with Crippen LogP contribution in [-0.2, 0) is 4.74 Å².